The first-order valence-electron chi connectivity index (χ1n) is 11.5. The van der Waals surface area contributed by atoms with Crippen molar-refractivity contribution in [1.82, 2.24) is 5.32 Å². The van der Waals surface area contributed by atoms with Crippen LogP contribution in [-0.4, -0.2) is 17.4 Å². The fourth-order valence-corrected chi connectivity index (χ4v) is 4.96. The van der Waals surface area contributed by atoms with Crippen LogP contribution in [0.4, 0.5) is 5.69 Å². The van der Waals surface area contributed by atoms with E-state index in [0.29, 0.717) is 12.8 Å². The minimum atomic E-state index is -0.922. The van der Waals surface area contributed by atoms with Crippen LogP contribution in [0.5, 0.6) is 0 Å². The zero-order chi connectivity index (χ0) is 23.3. The fraction of sp³-hybridized carbons (Fsp3) is 0.286. The van der Waals surface area contributed by atoms with Crippen LogP contribution in [0.2, 0.25) is 0 Å². The molecule has 0 aliphatic heterocycles. The summed E-state index contributed by atoms with van der Waals surface area (Å²) in [6.45, 7) is 2.01. The number of carbonyl (C=O) groups excluding carboxylic acids is 2. The van der Waals surface area contributed by atoms with Crippen molar-refractivity contribution in [3.8, 4) is 0 Å². The van der Waals surface area contributed by atoms with Crippen LogP contribution < -0.4 is 10.6 Å². The van der Waals surface area contributed by atoms with Gasteiger partial charge in [-0.2, -0.15) is 0 Å². The van der Waals surface area contributed by atoms with E-state index in [0.717, 1.165) is 46.1 Å². The zero-order valence-corrected chi connectivity index (χ0v) is 20.4. The minimum absolute atomic E-state index is 0.144. The lowest BCUT2D eigenvalue weighted by Gasteiger charge is -2.37. The summed E-state index contributed by atoms with van der Waals surface area (Å²) in [5.41, 5.74) is 2.72. The molecule has 0 saturated heterocycles. The molecule has 2 N–H and O–H groups in total. The molecule has 0 spiro atoms. The highest BCUT2D eigenvalue weighted by Gasteiger charge is 2.42. The molecule has 1 aliphatic carbocycles. The number of amides is 2. The Morgan fingerprint density at radius 1 is 0.848 bits per heavy atom. The van der Waals surface area contributed by atoms with Crippen molar-refractivity contribution in [3.63, 3.8) is 0 Å². The normalized spacial score (nSPS) is 15.1. The molecule has 0 atom stereocenters. The standard InChI is InChI=1S/C28H29BrN2O2/c1-20-15-16-23(19-24(20)29)30-27(33)28(17-9-4-10-18-28)31-26(32)25(21-11-5-2-6-12-21)22-13-7-3-8-14-22/h2-3,5-8,11-16,19,25H,4,9-10,17-18H2,1H3,(H,30,33)(H,31,32). The van der Waals surface area contributed by atoms with Crippen LogP contribution in [0.1, 0.15) is 54.7 Å². The van der Waals surface area contributed by atoms with Gasteiger partial charge in [-0.25, -0.2) is 0 Å². The summed E-state index contributed by atoms with van der Waals surface area (Å²) in [6, 6.07) is 25.3. The lowest BCUT2D eigenvalue weighted by atomic mass is 9.79. The van der Waals surface area contributed by atoms with Crippen LogP contribution in [0, 0.1) is 6.92 Å². The number of benzene rings is 3. The van der Waals surface area contributed by atoms with Crippen molar-refractivity contribution in [1.29, 1.82) is 0 Å². The molecular formula is C28H29BrN2O2. The average molecular weight is 505 g/mol. The quantitative estimate of drug-likeness (QED) is 0.410. The van der Waals surface area contributed by atoms with Gasteiger partial charge < -0.3 is 10.6 Å². The maximum atomic E-state index is 13.8. The van der Waals surface area contributed by atoms with E-state index < -0.39 is 11.5 Å². The molecule has 0 radical (unpaired) electrons. The Morgan fingerprint density at radius 2 is 1.42 bits per heavy atom. The second kappa shape index (κ2) is 10.3. The number of carbonyl (C=O) groups is 2. The summed E-state index contributed by atoms with van der Waals surface area (Å²) < 4.78 is 0.940. The maximum Gasteiger partial charge on any atom is 0.250 e. The Hall–Kier alpha value is -2.92. The van der Waals surface area contributed by atoms with Crippen molar-refractivity contribution in [2.75, 3.05) is 5.32 Å². The smallest absolute Gasteiger partial charge is 0.250 e. The molecule has 0 aromatic heterocycles. The van der Waals surface area contributed by atoms with Crippen LogP contribution in [0.15, 0.2) is 83.3 Å². The van der Waals surface area contributed by atoms with Gasteiger partial charge in [0.15, 0.2) is 0 Å². The number of aryl methyl sites for hydroxylation is 1. The lowest BCUT2D eigenvalue weighted by Crippen LogP contribution is -2.58. The van der Waals surface area contributed by atoms with Crippen molar-refractivity contribution in [2.24, 2.45) is 0 Å². The second-order valence-electron chi connectivity index (χ2n) is 8.80. The minimum Gasteiger partial charge on any atom is -0.341 e. The van der Waals surface area contributed by atoms with E-state index in [9.17, 15) is 9.59 Å². The monoisotopic (exact) mass is 504 g/mol. The summed E-state index contributed by atoms with van der Waals surface area (Å²) in [4.78, 5) is 27.4. The molecule has 3 aromatic rings. The van der Waals surface area contributed by atoms with Gasteiger partial charge in [0.05, 0.1) is 5.92 Å². The van der Waals surface area contributed by atoms with Gasteiger partial charge in [0.2, 0.25) is 11.8 Å². The van der Waals surface area contributed by atoms with Crippen LogP contribution in [-0.2, 0) is 9.59 Å². The Bertz CT molecular complexity index is 1070. The number of hydrogen-bond acceptors (Lipinski definition) is 2. The first kappa shape index (κ1) is 23.2. The Morgan fingerprint density at radius 3 is 1.97 bits per heavy atom. The maximum absolute atomic E-state index is 13.8. The largest absolute Gasteiger partial charge is 0.341 e. The van der Waals surface area contributed by atoms with Crippen molar-refractivity contribution in [3.05, 3.63) is 100 Å². The molecular weight excluding hydrogens is 476 g/mol. The van der Waals surface area contributed by atoms with E-state index in [-0.39, 0.29) is 11.8 Å². The lowest BCUT2D eigenvalue weighted by molar-refractivity contribution is -0.132. The molecule has 5 heteroatoms. The Labute approximate surface area is 203 Å². The molecule has 4 nitrogen and oxygen atoms in total. The van der Waals surface area contributed by atoms with Crippen molar-refractivity contribution >= 4 is 33.4 Å². The first-order valence-corrected chi connectivity index (χ1v) is 12.3. The number of nitrogens with one attached hydrogen (secondary N) is 2. The number of hydrogen-bond donors (Lipinski definition) is 2. The zero-order valence-electron chi connectivity index (χ0n) is 18.8. The number of halogens is 1. The van der Waals surface area contributed by atoms with Crippen molar-refractivity contribution in [2.45, 2.75) is 50.5 Å². The number of rotatable bonds is 6. The highest BCUT2D eigenvalue weighted by molar-refractivity contribution is 9.10. The van der Waals surface area contributed by atoms with E-state index in [4.69, 9.17) is 0 Å². The van der Waals surface area contributed by atoms with Crippen LogP contribution in [0.3, 0.4) is 0 Å². The molecule has 1 saturated carbocycles. The van der Waals surface area contributed by atoms with Gasteiger partial charge in [-0.3, -0.25) is 9.59 Å². The van der Waals surface area contributed by atoms with Gasteiger partial charge in [-0.05, 0) is 48.6 Å². The van der Waals surface area contributed by atoms with Crippen LogP contribution >= 0.6 is 15.9 Å². The molecule has 0 unspecified atom stereocenters. The van der Waals surface area contributed by atoms with E-state index in [2.05, 4.69) is 26.6 Å². The molecule has 4 rings (SSSR count). The summed E-state index contributed by atoms with van der Waals surface area (Å²) in [6.07, 6.45) is 4.16. The van der Waals surface area contributed by atoms with Crippen molar-refractivity contribution < 1.29 is 9.59 Å². The molecule has 2 amide bonds. The highest BCUT2D eigenvalue weighted by Crippen LogP contribution is 2.33. The van der Waals surface area contributed by atoms with E-state index in [1.807, 2.05) is 85.8 Å². The molecule has 0 bridgehead atoms. The molecule has 1 aliphatic rings. The Kier molecular flexibility index (Phi) is 7.29. The number of anilines is 1. The van der Waals surface area contributed by atoms with Gasteiger partial charge in [0.1, 0.15) is 5.54 Å². The SMILES string of the molecule is Cc1ccc(NC(=O)C2(NC(=O)C(c3ccccc3)c3ccccc3)CCCCC2)cc1Br. The topological polar surface area (TPSA) is 58.2 Å². The predicted molar refractivity (Wildman–Crippen MR) is 136 cm³/mol. The third-order valence-electron chi connectivity index (χ3n) is 6.46. The molecule has 1 fully saturated rings. The average Bonchev–Trinajstić information content (AvgIpc) is 2.83. The van der Waals surface area contributed by atoms with E-state index in [1.165, 1.54) is 0 Å². The third kappa shape index (κ3) is 5.36. The molecule has 170 valence electrons. The predicted octanol–water partition coefficient (Wildman–Crippen LogP) is 6.35. The van der Waals surface area contributed by atoms with Gasteiger partial charge >= 0.3 is 0 Å². The van der Waals surface area contributed by atoms with Gasteiger partial charge in [-0.15, -0.1) is 0 Å². The second-order valence-corrected chi connectivity index (χ2v) is 9.66. The molecule has 0 heterocycles. The summed E-state index contributed by atoms with van der Waals surface area (Å²) in [5, 5.41) is 6.27. The third-order valence-corrected chi connectivity index (χ3v) is 7.32. The first-order chi connectivity index (χ1) is 16.0. The molecule has 3 aromatic carbocycles. The van der Waals surface area contributed by atoms with E-state index in [1.54, 1.807) is 0 Å². The molecule has 33 heavy (non-hydrogen) atoms. The van der Waals surface area contributed by atoms with E-state index >= 15 is 0 Å². The fourth-order valence-electron chi connectivity index (χ4n) is 4.58. The summed E-state index contributed by atoms with van der Waals surface area (Å²) in [5.74, 6) is -0.770. The Balaban J connectivity index is 1.63. The summed E-state index contributed by atoms with van der Waals surface area (Å²) in [7, 11) is 0. The van der Waals surface area contributed by atoms with Gasteiger partial charge in [-0.1, -0.05) is 102 Å². The van der Waals surface area contributed by atoms with Gasteiger partial charge in [0, 0.05) is 10.2 Å². The van der Waals surface area contributed by atoms with Gasteiger partial charge in [0.25, 0.3) is 0 Å². The summed E-state index contributed by atoms with van der Waals surface area (Å²) >= 11 is 3.54. The highest BCUT2D eigenvalue weighted by atomic mass is 79.9. The van der Waals surface area contributed by atoms with Crippen LogP contribution in [0.25, 0.3) is 0 Å².